The predicted molar refractivity (Wildman–Crippen MR) is 85.3 cm³/mol. The van der Waals surface area contributed by atoms with E-state index >= 15 is 0 Å². The molecule has 0 aliphatic heterocycles. The molecule has 4 nitrogen and oxygen atoms in total. The van der Waals surface area contributed by atoms with Crippen LogP contribution in [0.1, 0.15) is 58.8 Å². The first-order chi connectivity index (χ1) is 9.83. The van der Waals surface area contributed by atoms with E-state index in [1.165, 1.54) is 32.1 Å². The van der Waals surface area contributed by atoms with Gasteiger partial charge in [0.05, 0.1) is 0 Å². The van der Waals surface area contributed by atoms with Crippen molar-refractivity contribution in [3.8, 4) is 0 Å². The molecule has 1 aliphatic carbocycles. The Kier molecular flexibility index (Phi) is 6.09. The summed E-state index contributed by atoms with van der Waals surface area (Å²) in [5.41, 5.74) is 0. The fraction of sp³-hybridized carbons (Fsp3) is 0.750. The molecular weight excluding hydrogens is 248 g/mol. The molecular formula is C16H28N4. The Balaban J connectivity index is 2.01. The average molecular weight is 276 g/mol. The Hall–Kier alpha value is -1.32. The van der Waals surface area contributed by atoms with Crippen LogP contribution in [-0.4, -0.2) is 29.1 Å². The first-order valence-electron chi connectivity index (χ1n) is 8.18. The normalized spacial score (nSPS) is 16.1. The summed E-state index contributed by atoms with van der Waals surface area (Å²) in [4.78, 5) is 11.4. The van der Waals surface area contributed by atoms with Gasteiger partial charge in [0.25, 0.3) is 0 Å². The smallest absolute Gasteiger partial charge is 0.227 e. The molecule has 1 saturated carbocycles. The number of anilines is 2. The van der Waals surface area contributed by atoms with Crippen molar-refractivity contribution in [3.63, 3.8) is 0 Å². The molecule has 1 heterocycles. The number of nitrogens with one attached hydrogen (secondary N) is 1. The lowest BCUT2D eigenvalue weighted by atomic mass is 9.95. The first-order valence-corrected chi connectivity index (χ1v) is 8.18. The zero-order chi connectivity index (χ0) is 14.2. The molecule has 1 aromatic rings. The monoisotopic (exact) mass is 276 g/mol. The summed E-state index contributed by atoms with van der Waals surface area (Å²) >= 11 is 0. The van der Waals surface area contributed by atoms with Crippen molar-refractivity contribution in [2.75, 3.05) is 23.3 Å². The summed E-state index contributed by atoms with van der Waals surface area (Å²) in [7, 11) is 0. The van der Waals surface area contributed by atoms with Crippen LogP contribution in [0.3, 0.4) is 0 Å². The molecule has 1 aliphatic rings. The largest absolute Gasteiger partial charge is 0.367 e. The quantitative estimate of drug-likeness (QED) is 0.821. The summed E-state index contributed by atoms with van der Waals surface area (Å²) in [6, 6.07) is 2.59. The molecule has 0 atom stereocenters. The van der Waals surface area contributed by atoms with E-state index in [-0.39, 0.29) is 0 Å². The van der Waals surface area contributed by atoms with Gasteiger partial charge in [-0.25, -0.2) is 4.98 Å². The second-order valence-electron chi connectivity index (χ2n) is 5.71. The van der Waals surface area contributed by atoms with Crippen LogP contribution < -0.4 is 10.2 Å². The van der Waals surface area contributed by atoms with Gasteiger partial charge < -0.3 is 10.2 Å². The molecule has 112 valence electrons. The van der Waals surface area contributed by atoms with Gasteiger partial charge in [0.2, 0.25) is 5.95 Å². The van der Waals surface area contributed by atoms with Gasteiger partial charge in [-0.3, -0.25) is 0 Å². The number of nitrogens with zero attached hydrogens (tertiary/aromatic N) is 3. The Labute approximate surface area is 123 Å². The van der Waals surface area contributed by atoms with Crippen molar-refractivity contribution < 1.29 is 0 Å². The van der Waals surface area contributed by atoms with Crippen LogP contribution in [-0.2, 0) is 0 Å². The summed E-state index contributed by atoms with van der Waals surface area (Å²) in [5.74, 6) is 1.86. The Bertz CT molecular complexity index is 382. The molecule has 2 rings (SSSR count). The van der Waals surface area contributed by atoms with Gasteiger partial charge in [0.1, 0.15) is 5.82 Å². The second-order valence-corrected chi connectivity index (χ2v) is 5.71. The Morgan fingerprint density at radius 3 is 2.50 bits per heavy atom. The Morgan fingerprint density at radius 2 is 1.85 bits per heavy atom. The van der Waals surface area contributed by atoms with Crippen molar-refractivity contribution in [1.82, 2.24) is 9.97 Å². The molecule has 1 N–H and O–H groups in total. The van der Waals surface area contributed by atoms with Crippen LogP contribution in [0.5, 0.6) is 0 Å². The van der Waals surface area contributed by atoms with Gasteiger partial charge in [-0.2, -0.15) is 4.98 Å². The maximum absolute atomic E-state index is 4.71. The van der Waals surface area contributed by atoms with E-state index in [9.17, 15) is 0 Å². The van der Waals surface area contributed by atoms with Crippen molar-refractivity contribution >= 4 is 11.8 Å². The number of hydrogen-bond acceptors (Lipinski definition) is 4. The van der Waals surface area contributed by atoms with Crippen LogP contribution >= 0.6 is 0 Å². The van der Waals surface area contributed by atoms with E-state index in [0.717, 1.165) is 37.7 Å². The van der Waals surface area contributed by atoms with Crippen LogP contribution in [0.4, 0.5) is 11.8 Å². The third kappa shape index (κ3) is 4.36. The third-order valence-corrected chi connectivity index (χ3v) is 3.87. The van der Waals surface area contributed by atoms with E-state index in [4.69, 9.17) is 4.98 Å². The van der Waals surface area contributed by atoms with Crippen LogP contribution in [0, 0.1) is 0 Å². The fourth-order valence-electron chi connectivity index (χ4n) is 2.89. The van der Waals surface area contributed by atoms with Crippen LogP contribution in [0.15, 0.2) is 12.3 Å². The lowest BCUT2D eigenvalue weighted by Crippen LogP contribution is -2.28. The lowest BCUT2D eigenvalue weighted by Gasteiger charge is -2.25. The first kappa shape index (κ1) is 15.1. The Morgan fingerprint density at radius 1 is 1.15 bits per heavy atom. The van der Waals surface area contributed by atoms with E-state index in [2.05, 4.69) is 29.0 Å². The van der Waals surface area contributed by atoms with Gasteiger partial charge in [-0.1, -0.05) is 33.1 Å². The molecule has 0 radical (unpaired) electrons. The highest BCUT2D eigenvalue weighted by atomic mass is 15.3. The van der Waals surface area contributed by atoms with Crippen molar-refractivity contribution in [2.24, 2.45) is 0 Å². The molecule has 20 heavy (non-hydrogen) atoms. The highest BCUT2D eigenvalue weighted by molar-refractivity contribution is 5.42. The molecule has 0 bridgehead atoms. The maximum Gasteiger partial charge on any atom is 0.227 e. The highest BCUT2D eigenvalue weighted by Gasteiger charge is 2.14. The average Bonchev–Trinajstić information content (AvgIpc) is 2.48. The van der Waals surface area contributed by atoms with Crippen LogP contribution in [0.25, 0.3) is 0 Å². The second kappa shape index (κ2) is 8.08. The molecule has 4 heteroatoms. The third-order valence-electron chi connectivity index (χ3n) is 3.87. The number of rotatable bonds is 7. The summed E-state index contributed by atoms with van der Waals surface area (Å²) in [5, 5.41) is 3.58. The summed E-state index contributed by atoms with van der Waals surface area (Å²) in [6.07, 6.45) is 10.7. The van der Waals surface area contributed by atoms with Gasteiger partial charge in [0.15, 0.2) is 0 Å². The molecule has 1 aromatic heterocycles. The fourth-order valence-corrected chi connectivity index (χ4v) is 2.89. The zero-order valence-electron chi connectivity index (χ0n) is 12.9. The van der Waals surface area contributed by atoms with Gasteiger partial charge in [-0.05, 0) is 31.7 Å². The molecule has 0 amide bonds. The van der Waals surface area contributed by atoms with Gasteiger partial charge in [-0.15, -0.1) is 0 Å². The number of aromatic nitrogens is 2. The SMILES string of the molecule is CCCN(CCC)c1nccc(NC2CCCCC2)n1. The molecule has 1 fully saturated rings. The van der Waals surface area contributed by atoms with Gasteiger partial charge >= 0.3 is 0 Å². The van der Waals surface area contributed by atoms with Crippen LogP contribution in [0.2, 0.25) is 0 Å². The summed E-state index contributed by atoms with van der Waals surface area (Å²) < 4.78 is 0. The van der Waals surface area contributed by atoms with E-state index in [1.807, 2.05) is 12.3 Å². The summed E-state index contributed by atoms with van der Waals surface area (Å²) in [6.45, 7) is 6.46. The topological polar surface area (TPSA) is 41.1 Å². The van der Waals surface area contributed by atoms with Crippen molar-refractivity contribution in [1.29, 1.82) is 0 Å². The zero-order valence-corrected chi connectivity index (χ0v) is 12.9. The van der Waals surface area contributed by atoms with E-state index in [0.29, 0.717) is 6.04 Å². The van der Waals surface area contributed by atoms with Gasteiger partial charge in [0, 0.05) is 25.3 Å². The predicted octanol–water partition coefficient (Wildman–Crippen LogP) is 3.85. The van der Waals surface area contributed by atoms with E-state index < -0.39 is 0 Å². The highest BCUT2D eigenvalue weighted by Crippen LogP contribution is 2.21. The molecule has 0 aromatic carbocycles. The minimum absolute atomic E-state index is 0.595. The number of hydrogen-bond donors (Lipinski definition) is 1. The molecule has 0 saturated heterocycles. The van der Waals surface area contributed by atoms with Crippen molar-refractivity contribution in [3.05, 3.63) is 12.3 Å². The standard InChI is InChI=1S/C16H28N4/c1-3-12-20(13-4-2)16-17-11-10-15(19-16)18-14-8-6-5-7-9-14/h10-11,14H,3-9,12-13H2,1-2H3,(H,17,18,19). The van der Waals surface area contributed by atoms with E-state index in [1.54, 1.807) is 0 Å². The minimum Gasteiger partial charge on any atom is -0.367 e. The molecule has 0 unspecified atom stereocenters. The maximum atomic E-state index is 4.71. The minimum atomic E-state index is 0.595. The molecule has 0 spiro atoms. The van der Waals surface area contributed by atoms with Crippen molar-refractivity contribution in [2.45, 2.75) is 64.8 Å². The lowest BCUT2D eigenvalue weighted by molar-refractivity contribution is 0.462.